The fraction of sp³-hybridized carbons (Fsp3) is 0.382. The molecule has 3 aromatic carbocycles. The van der Waals surface area contributed by atoms with Crippen molar-refractivity contribution < 1.29 is 23.8 Å². The van der Waals surface area contributed by atoms with Crippen LogP contribution < -0.4 is 19.9 Å². The quantitative estimate of drug-likeness (QED) is 0.346. The molecule has 0 aliphatic carbocycles. The zero-order valence-corrected chi connectivity index (χ0v) is 25.3. The van der Waals surface area contributed by atoms with Crippen molar-refractivity contribution in [1.29, 1.82) is 0 Å². The van der Waals surface area contributed by atoms with E-state index in [9.17, 15) is 9.59 Å². The number of amides is 1. The molecule has 9 nitrogen and oxygen atoms in total. The molecule has 1 saturated heterocycles. The molecule has 2 N–H and O–H groups in total. The van der Waals surface area contributed by atoms with Crippen LogP contribution in [-0.2, 0) is 17.9 Å². The monoisotopic (exact) mass is 584 g/mol. The van der Waals surface area contributed by atoms with Gasteiger partial charge >= 0.3 is 0 Å². The topological polar surface area (TPSA) is 107 Å². The number of ether oxygens (including phenoxy) is 3. The lowest BCUT2D eigenvalue weighted by Crippen LogP contribution is -2.50. The van der Waals surface area contributed by atoms with E-state index in [1.54, 1.807) is 20.3 Å². The van der Waals surface area contributed by atoms with E-state index in [0.717, 1.165) is 28.7 Å². The summed E-state index contributed by atoms with van der Waals surface area (Å²) >= 11 is 0. The first kappa shape index (κ1) is 30.1. The summed E-state index contributed by atoms with van der Waals surface area (Å²) < 4.78 is 16.9. The van der Waals surface area contributed by atoms with Gasteiger partial charge in [0.2, 0.25) is 0 Å². The summed E-state index contributed by atoms with van der Waals surface area (Å²) in [5.74, 6) is 1.81. The van der Waals surface area contributed by atoms with Crippen LogP contribution in [-0.4, -0.2) is 67.2 Å². The number of hydrogen-bond acceptors (Lipinski definition) is 8. The summed E-state index contributed by atoms with van der Waals surface area (Å²) in [6, 6.07) is 20.7. The van der Waals surface area contributed by atoms with Crippen LogP contribution in [0.4, 0.5) is 0 Å². The molecule has 0 spiro atoms. The Labute approximate surface area is 253 Å². The van der Waals surface area contributed by atoms with Crippen molar-refractivity contribution in [3.05, 3.63) is 89.0 Å². The van der Waals surface area contributed by atoms with Crippen molar-refractivity contribution in [2.75, 3.05) is 27.3 Å². The molecule has 0 aromatic heterocycles. The Kier molecular flexibility index (Phi) is 9.01. The average molecular weight is 585 g/mol. The Morgan fingerprint density at radius 2 is 1.72 bits per heavy atom. The van der Waals surface area contributed by atoms with Gasteiger partial charge < -0.3 is 29.6 Å². The van der Waals surface area contributed by atoms with Gasteiger partial charge in [0.05, 0.1) is 26.0 Å². The second kappa shape index (κ2) is 12.9. The maximum absolute atomic E-state index is 13.7. The summed E-state index contributed by atoms with van der Waals surface area (Å²) in [4.78, 5) is 28.0. The highest BCUT2D eigenvalue weighted by Gasteiger charge is 2.47. The van der Waals surface area contributed by atoms with Gasteiger partial charge in [-0.2, -0.15) is 5.10 Å². The Bertz CT molecular complexity index is 1480. The zero-order chi connectivity index (χ0) is 30.6. The molecule has 1 amide bonds. The number of hydrazone groups is 1. The molecule has 9 heteroatoms. The minimum Gasteiger partial charge on any atom is -0.493 e. The molecule has 2 aliphatic heterocycles. The van der Waals surface area contributed by atoms with E-state index in [0.29, 0.717) is 55.4 Å². The number of piperidine rings is 1. The molecular formula is C34H40N4O5. The molecule has 2 aliphatic rings. The standard InChI is InChI=1S/C34H40N4O5/c1-34(2)31(21-39)38(36-32(34)24-11-13-29(41-3)30(18-24)42-4)26-14-16-37(17-15-26)33(40)28-19-27(12-10-25(28)20-35)43-22-23-8-6-5-7-9-23/h5-13,18-19,21,26,31H,14-17,20,22,35H2,1-4H3. The second-order valence-electron chi connectivity index (χ2n) is 11.5. The molecule has 1 unspecified atom stereocenters. The van der Waals surface area contributed by atoms with Gasteiger partial charge in [-0.05, 0) is 54.3 Å². The number of nitrogens with zero attached hydrogens (tertiary/aromatic N) is 3. The molecule has 0 bridgehead atoms. The summed E-state index contributed by atoms with van der Waals surface area (Å²) in [5, 5.41) is 6.96. The average Bonchev–Trinajstić information content (AvgIpc) is 3.33. The number of carbonyl (C=O) groups excluding carboxylic acids is 2. The van der Waals surface area contributed by atoms with Gasteiger partial charge in [0.1, 0.15) is 24.7 Å². The summed E-state index contributed by atoms with van der Waals surface area (Å²) in [6.45, 7) is 5.85. The molecule has 226 valence electrons. The van der Waals surface area contributed by atoms with Crippen LogP contribution in [0.2, 0.25) is 0 Å². The third kappa shape index (κ3) is 6.08. The van der Waals surface area contributed by atoms with Gasteiger partial charge in [0, 0.05) is 36.2 Å². The lowest BCUT2D eigenvalue weighted by molar-refractivity contribution is -0.115. The van der Waals surface area contributed by atoms with E-state index in [1.165, 1.54) is 0 Å². The van der Waals surface area contributed by atoms with Crippen LogP contribution in [0.3, 0.4) is 0 Å². The van der Waals surface area contributed by atoms with Gasteiger partial charge in [-0.3, -0.25) is 9.80 Å². The van der Waals surface area contributed by atoms with E-state index in [4.69, 9.17) is 25.0 Å². The Morgan fingerprint density at radius 3 is 2.37 bits per heavy atom. The van der Waals surface area contributed by atoms with Gasteiger partial charge in [-0.15, -0.1) is 0 Å². The number of rotatable bonds is 10. The molecule has 0 radical (unpaired) electrons. The van der Waals surface area contributed by atoms with E-state index < -0.39 is 11.5 Å². The normalized spacial score (nSPS) is 18.3. The maximum Gasteiger partial charge on any atom is 0.254 e. The molecule has 1 atom stereocenters. The van der Waals surface area contributed by atoms with Gasteiger partial charge in [0.25, 0.3) is 5.91 Å². The summed E-state index contributed by atoms with van der Waals surface area (Å²) in [6.07, 6.45) is 2.37. The van der Waals surface area contributed by atoms with Gasteiger partial charge in [-0.1, -0.05) is 50.2 Å². The van der Waals surface area contributed by atoms with Crippen molar-refractivity contribution in [1.82, 2.24) is 9.91 Å². The lowest BCUT2D eigenvalue weighted by Gasteiger charge is -2.39. The van der Waals surface area contributed by atoms with Gasteiger partial charge in [0.15, 0.2) is 11.5 Å². The smallest absolute Gasteiger partial charge is 0.254 e. The first-order valence-corrected chi connectivity index (χ1v) is 14.6. The molecule has 5 rings (SSSR count). The van der Waals surface area contributed by atoms with Crippen LogP contribution in [0.1, 0.15) is 53.7 Å². The highest BCUT2D eigenvalue weighted by molar-refractivity contribution is 6.07. The van der Waals surface area contributed by atoms with Crippen LogP contribution in [0.5, 0.6) is 17.2 Å². The molecule has 43 heavy (non-hydrogen) atoms. The minimum absolute atomic E-state index is 0.0192. The Morgan fingerprint density at radius 1 is 1.00 bits per heavy atom. The van der Waals surface area contributed by atoms with Crippen molar-refractivity contribution >= 4 is 17.9 Å². The molecule has 1 fully saturated rings. The molecule has 3 aromatic rings. The number of likely N-dealkylation sites (tertiary alicyclic amines) is 1. The fourth-order valence-electron chi connectivity index (χ4n) is 6.00. The molecule has 2 heterocycles. The van der Waals surface area contributed by atoms with E-state index >= 15 is 0 Å². The van der Waals surface area contributed by atoms with Crippen LogP contribution >= 0.6 is 0 Å². The Balaban J connectivity index is 1.30. The SMILES string of the molecule is COc1ccc(C2=NN(C3CCN(C(=O)c4cc(OCc5ccccc5)ccc4CN)CC3)C(C=O)C2(C)C)cc1OC. The lowest BCUT2D eigenvalue weighted by atomic mass is 9.78. The number of hydrogen-bond donors (Lipinski definition) is 1. The van der Waals surface area contributed by atoms with Gasteiger partial charge in [-0.25, -0.2) is 0 Å². The highest BCUT2D eigenvalue weighted by Crippen LogP contribution is 2.40. The number of aldehydes is 1. The summed E-state index contributed by atoms with van der Waals surface area (Å²) in [7, 11) is 3.20. The third-order valence-corrected chi connectivity index (χ3v) is 8.54. The number of methoxy groups -OCH3 is 2. The predicted molar refractivity (Wildman–Crippen MR) is 166 cm³/mol. The third-order valence-electron chi connectivity index (χ3n) is 8.54. The minimum atomic E-state index is -0.523. The van der Waals surface area contributed by atoms with Crippen molar-refractivity contribution in [3.63, 3.8) is 0 Å². The maximum atomic E-state index is 13.7. The number of benzene rings is 3. The van der Waals surface area contributed by atoms with Crippen LogP contribution in [0.15, 0.2) is 71.8 Å². The number of nitrogens with two attached hydrogens (primary N) is 1. The zero-order valence-electron chi connectivity index (χ0n) is 25.3. The van der Waals surface area contributed by atoms with Crippen LogP contribution in [0.25, 0.3) is 0 Å². The molecular weight excluding hydrogens is 544 g/mol. The first-order valence-electron chi connectivity index (χ1n) is 14.6. The first-order chi connectivity index (χ1) is 20.8. The van der Waals surface area contributed by atoms with Crippen molar-refractivity contribution in [2.45, 2.75) is 51.9 Å². The van der Waals surface area contributed by atoms with E-state index in [-0.39, 0.29) is 18.5 Å². The predicted octanol–water partition coefficient (Wildman–Crippen LogP) is 4.66. The largest absolute Gasteiger partial charge is 0.493 e. The Hall–Kier alpha value is -4.37. The highest BCUT2D eigenvalue weighted by atomic mass is 16.5. The second-order valence-corrected chi connectivity index (χ2v) is 11.5. The molecule has 0 saturated carbocycles. The number of carbonyl (C=O) groups is 2. The fourth-order valence-corrected chi connectivity index (χ4v) is 6.00. The summed E-state index contributed by atoms with van der Waals surface area (Å²) in [5.41, 5.74) is 9.59. The van der Waals surface area contributed by atoms with E-state index in [1.807, 2.05) is 84.4 Å². The van der Waals surface area contributed by atoms with E-state index in [2.05, 4.69) is 0 Å². The van der Waals surface area contributed by atoms with Crippen LogP contribution in [0, 0.1) is 5.41 Å². The van der Waals surface area contributed by atoms with Crippen molar-refractivity contribution in [2.24, 2.45) is 16.3 Å². The van der Waals surface area contributed by atoms with Crippen molar-refractivity contribution in [3.8, 4) is 17.2 Å².